The second-order valence-corrected chi connectivity index (χ2v) is 8.09. The number of H-pyrrole nitrogens is 1. The summed E-state index contributed by atoms with van der Waals surface area (Å²) < 4.78 is 21.4. The minimum atomic E-state index is -1.04. The number of carbonyl (C=O) groups excluding carboxylic acids is 1. The van der Waals surface area contributed by atoms with Crippen molar-refractivity contribution in [1.82, 2.24) is 20.0 Å². The van der Waals surface area contributed by atoms with Gasteiger partial charge in [-0.05, 0) is 23.3 Å². The first-order valence-corrected chi connectivity index (χ1v) is 10.6. The van der Waals surface area contributed by atoms with Crippen molar-refractivity contribution in [3.05, 3.63) is 68.9 Å². The number of piperazine rings is 1. The molecule has 5 rings (SSSR count). The Kier molecular flexibility index (Phi) is 5.20. The molecule has 0 bridgehead atoms. The largest absolute Gasteiger partial charge is 0.492 e. The summed E-state index contributed by atoms with van der Waals surface area (Å²) in [5.74, 6) is -0.948. The highest BCUT2D eigenvalue weighted by molar-refractivity contribution is 5.98. The molecule has 0 atom stereocenters. The van der Waals surface area contributed by atoms with Gasteiger partial charge in [-0.25, -0.2) is 14.3 Å². The number of aromatic amines is 1. The molecule has 1 fully saturated rings. The Bertz CT molecular complexity index is 1330. The first-order valence-electron chi connectivity index (χ1n) is 10.6. The lowest BCUT2D eigenvalue weighted by Crippen LogP contribution is -2.50. The Hall–Kier alpha value is -3.95. The predicted molar refractivity (Wildman–Crippen MR) is 116 cm³/mol. The zero-order chi connectivity index (χ0) is 23.1. The number of carboxylic acid groups (broad SMARTS) is 1. The monoisotopic (exact) mass is 452 g/mol. The maximum atomic E-state index is 15.8. The van der Waals surface area contributed by atoms with Crippen LogP contribution >= 0.6 is 0 Å². The van der Waals surface area contributed by atoms with Gasteiger partial charge in [0.05, 0.1) is 17.7 Å². The highest BCUT2D eigenvalue weighted by Crippen LogP contribution is 2.36. The third-order valence-corrected chi connectivity index (χ3v) is 6.17. The molecular formula is C23H21FN4O5. The minimum Gasteiger partial charge on any atom is -0.492 e. The molecule has 2 amide bonds. The molecule has 0 radical (unpaired) electrons. The lowest BCUT2D eigenvalue weighted by molar-refractivity contribution is 0.0617. The van der Waals surface area contributed by atoms with Crippen LogP contribution in [0.3, 0.4) is 0 Å². The Morgan fingerprint density at radius 2 is 1.82 bits per heavy atom. The molecule has 10 heteroatoms. The molecule has 1 saturated heterocycles. The smallest absolute Gasteiger partial charge is 0.407 e. The standard InChI is InChI=1S/C23H21FN4O5/c24-19-14(12-17-15-3-1-2-4-16(15)21(29)26-25-17)11-13-5-10-33-20(13)18(19)22(30)27-6-8-28(9-7-27)23(31)32/h1-4,11H,5-10,12H2,(H,26,29)(H,31,32). The van der Waals surface area contributed by atoms with Crippen LogP contribution in [-0.4, -0.2) is 69.9 Å². The summed E-state index contributed by atoms with van der Waals surface area (Å²) in [6.07, 6.45) is -0.404. The van der Waals surface area contributed by atoms with Crippen molar-refractivity contribution in [1.29, 1.82) is 0 Å². The van der Waals surface area contributed by atoms with Gasteiger partial charge in [0.15, 0.2) is 0 Å². The maximum Gasteiger partial charge on any atom is 0.407 e. The second-order valence-electron chi connectivity index (χ2n) is 8.09. The summed E-state index contributed by atoms with van der Waals surface area (Å²) in [6.45, 7) is 1.04. The maximum absolute atomic E-state index is 15.8. The molecule has 9 nitrogen and oxygen atoms in total. The number of hydrogen-bond acceptors (Lipinski definition) is 5. The van der Waals surface area contributed by atoms with Crippen molar-refractivity contribution in [3.63, 3.8) is 0 Å². The molecule has 3 aromatic rings. The number of rotatable bonds is 3. The fourth-order valence-electron chi connectivity index (χ4n) is 4.44. The lowest BCUT2D eigenvalue weighted by Gasteiger charge is -2.33. The number of nitrogens with zero attached hydrogens (tertiary/aromatic N) is 3. The van der Waals surface area contributed by atoms with Gasteiger partial charge < -0.3 is 19.6 Å². The molecule has 33 heavy (non-hydrogen) atoms. The van der Waals surface area contributed by atoms with Gasteiger partial charge in [-0.3, -0.25) is 9.59 Å². The highest BCUT2D eigenvalue weighted by atomic mass is 19.1. The van der Waals surface area contributed by atoms with Crippen LogP contribution in [-0.2, 0) is 12.8 Å². The van der Waals surface area contributed by atoms with Gasteiger partial charge >= 0.3 is 6.09 Å². The molecule has 2 aromatic carbocycles. The summed E-state index contributed by atoms with van der Waals surface area (Å²) in [5.41, 5.74) is 1.08. The molecule has 0 unspecified atom stereocenters. The number of benzene rings is 2. The van der Waals surface area contributed by atoms with E-state index < -0.39 is 17.8 Å². The SMILES string of the molecule is O=C(O)N1CCN(C(=O)c2c(F)c(Cc3n[nH]c(=O)c4ccccc34)cc3c2OCC3)CC1. The number of ether oxygens (including phenoxy) is 1. The van der Waals surface area contributed by atoms with E-state index in [4.69, 9.17) is 9.84 Å². The van der Waals surface area contributed by atoms with E-state index in [0.717, 1.165) is 5.56 Å². The fraction of sp³-hybridized carbons (Fsp3) is 0.304. The summed E-state index contributed by atoms with van der Waals surface area (Å²) >= 11 is 0. The number of amides is 2. The van der Waals surface area contributed by atoms with E-state index in [1.807, 2.05) is 0 Å². The minimum absolute atomic E-state index is 0.0868. The van der Waals surface area contributed by atoms with Crippen LogP contribution in [0.1, 0.15) is 27.2 Å². The molecule has 0 aliphatic carbocycles. The Labute approximate surface area is 187 Å². The van der Waals surface area contributed by atoms with E-state index in [1.165, 1.54) is 9.80 Å². The average Bonchev–Trinajstić information content (AvgIpc) is 3.29. The van der Waals surface area contributed by atoms with Crippen molar-refractivity contribution in [2.75, 3.05) is 32.8 Å². The van der Waals surface area contributed by atoms with E-state index >= 15 is 4.39 Å². The fourth-order valence-corrected chi connectivity index (χ4v) is 4.44. The van der Waals surface area contributed by atoms with Crippen molar-refractivity contribution >= 4 is 22.8 Å². The van der Waals surface area contributed by atoms with E-state index in [9.17, 15) is 14.4 Å². The summed E-state index contributed by atoms with van der Waals surface area (Å²) in [5, 5.41) is 16.8. The normalized spacial score (nSPS) is 15.4. The van der Waals surface area contributed by atoms with Gasteiger partial charge in [0.25, 0.3) is 11.5 Å². The van der Waals surface area contributed by atoms with E-state index in [0.29, 0.717) is 29.5 Å². The molecule has 2 aliphatic rings. The van der Waals surface area contributed by atoms with Crippen LogP contribution in [0.2, 0.25) is 0 Å². The first kappa shape index (κ1) is 20.9. The highest BCUT2D eigenvalue weighted by Gasteiger charge is 2.33. The number of aromatic nitrogens is 2. The number of carbonyl (C=O) groups is 2. The zero-order valence-electron chi connectivity index (χ0n) is 17.6. The third kappa shape index (κ3) is 3.67. The molecule has 3 heterocycles. The molecule has 0 spiro atoms. The van der Waals surface area contributed by atoms with Crippen LogP contribution < -0.4 is 10.3 Å². The van der Waals surface area contributed by atoms with Gasteiger partial charge in [0.1, 0.15) is 17.1 Å². The molecule has 2 aliphatic heterocycles. The van der Waals surface area contributed by atoms with Crippen molar-refractivity contribution in [2.45, 2.75) is 12.8 Å². The van der Waals surface area contributed by atoms with Crippen molar-refractivity contribution in [2.24, 2.45) is 0 Å². The third-order valence-electron chi connectivity index (χ3n) is 6.17. The Morgan fingerprint density at radius 1 is 1.12 bits per heavy atom. The Morgan fingerprint density at radius 3 is 2.55 bits per heavy atom. The van der Waals surface area contributed by atoms with Crippen LogP contribution in [0.15, 0.2) is 35.1 Å². The van der Waals surface area contributed by atoms with Gasteiger partial charge in [0.2, 0.25) is 0 Å². The topological polar surface area (TPSA) is 116 Å². The molecule has 170 valence electrons. The molecule has 0 saturated carbocycles. The Balaban J connectivity index is 1.52. The first-order chi connectivity index (χ1) is 15.9. The number of nitrogens with one attached hydrogen (secondary N) is 1. The molecule has 1 aromatic heterocycles. The average molecular weight is 452 g/mol. The van der Waals surface area contributed by atoms with Gasteiger partial charge in [-0.1, -0.05) is 18.2 Å². The number of hydrogen-bond donors (Lipinski definition) is 2. The van der Waals surface area contributed by atoms with E-state index in [-0.39, 0.29) is 55.0 Å². The van der Waals surface area contributed by atoms with Gasteiger partial charge in [-0.2, -0.15) is 5.10 Å². The summed E-state index contributed by atoms with van der Waals surface area (Å²) in [7, 11) is 0. The molecular weight excluding hydrogens is 431 g/mol. The van der Waals surface area contributed by atoms with E-state index in [1.54, 1.807) is 30.3 Å². The van der Waals surface area contributed by atoms with Crippen LogP contribution in [0, 0.1) is 5.82 Å². The summed E-state index contributed by atoms with van der Waals surface area (Å²) in [6, 6.07) is 8.66. The van der Waals surface area contributed by atoms with Crippen molar-refractivity contribution < 1.29 is 23.8 Å². The van der Waals surface area contributed by atoms with Gasteiger partial charge in [-0.15, -0.1) is 0 Å². The zero-order valence-corrected chi connectivity index (χ0v) is 17.6. The van der Waals surface area contributed by atoms with Gasteiger partial charge in [0, 0.05) is 44.4 Å². The van der Waals surface area contributed by atoms with Crippen molar-refractivity contribution in [3.8, 4) is 5.75 Å². The lowest BCUT2D eigenvalue weighted by atomic mass is 9.97. The van der Waals surface area contributed by atoms with E-state index in [2.05, 4.69) is 10.2 Å². The van der Waals surface area contributed by atoms with Crippen LogP contribution in [0.4, 0.5) is 9.18 Å². The van der Waals surface area contributed by atoms with Crippen LogP contribution in [0.5, 0.6) is 5.75 Å². The van der Waals surface area contributed by atoms with Crippen LogP contribution in [0.25, 0.3) is 10.8 Å². The summed E-state index contributed by atoms with van der Waals surface area (Å²) in [4.78, 5) is 39.2. The quantitative estimate of drug-likeness (QED) is 0.628. The predicted octanol–water partition coefficient (Wildman–Crippen LogP) is 2.02. The number of halogens is 1. The second kappa shape index (κ2) is 8.19. The molecule has 2 N–H and O–H groups in total. The number of fused-ring (bicyclic) bond motifs is 2.